The summed E-state index contributed by atoms with van der Waals surface area (Å²) in [5.41, 5.74) is 8.18. The van der Waals surface area contributed by atoms with Crippen LogP contribution >= 0.6 is 0 Å². The number of hydrogen-bond acceptors (Lipinski definition) is 5. The first-order valence-corrected chi connectivity index (χ1v) is 15.6. The molecule has 9 heteroatoms. The van der Waals surface area contributed by atoms with Crippen LogP contribution in [0.2, 0.25) is 0 Å². The largest absolute Gasteiger partial charge is 0.466 e. The molecule has 4 aromatic rings. The number of H-pyrrole nitrogens is 1. The molecule has 1 heterocycles. The van der Waals surface area contributed by atoms with Gasteiger partial charge in [0, 0.05) is 62.9 Å². The fourth-order valence-electron chi connectivity index (χ4n) is 5.58. The molecule has 1 aromatic heterocycles. The predicted octanol–water partition coefficient (Wildman–Crippen LogP) is 4.98. The quantitative estimate of drug-likeness (QED) is 0.180. The molecule has 1 aliphatic carbocycles. The molecule has 2 N–H and O–H groups in total. The number of hydrogen-bond donors (Lipinski definition) is 2. The number of nitrogens with one attached hydrogen (secondary N) is 2. The second-order valence-corrected chi connectivity index (χ2v) is 12.8. The van der Waals surface area contributed by atoms with Gasteiger partial charge in [-0.1, -0.05) is 60.7 Å². The molecule has 0 amide bonds. The van der Waals surface area contributed by atoms with E-state index >= 15 is 0 Å². The topological polar surface area (TPSA) is 94.7 Å². The third-order valence-corrected chi connectivity index (χ3v) is 9.43. The fraction of sp³-hybridized carbons (Fsp3) is 0.303. The average molecular weight is 587 g/mol. The number of rotatable bonds is 12. The minimum absolute atomic E-state index is 0.244. The van der Waals surface area contributed by atoms with Crippen LogP contribution in [0.25, 0.3) is 17.0 Å². The third kappa shape index (κ3) is 6.99. The summed E-state index contributed by atoms with van der Waals surface area (Å²) in [4.78, 5) is 17.5. The minimum Gasteiger partial charge on any atom is -0.466 e. The monoisotopic (exact) mass is 586 g/mol. The zero-order valence-electron chi connectivity index (χ0n) is 24.3. The molecule has 1 atom stereocenters. The van der Waals surface area contributed by atoms with Crippen LogP contribution in [0.5, 0.6) is 0 Å². The molecule has 1 aliphatic rings. The van der Waals surface area contributed by atoms with Crippen molar-refractivity contribution < 1.29 is 17.9 Å². The molecule has 220 valence electrons. The zero-order valence-corrected chi connectivity index (χ0v) is 25.2. The summed E-state index contributed by atoms with van der Waals surface area (Å²) in [6.45, 7) is 1.91. The normalized spacial score (nSPS) is 15.2. The molecular formula is C33H38N4O4S. The molecule has 1 unspecified atom stereocenters. The number of carbonyl (C=O) groups excluding carboxylic acids is 1. The maximum absolute atomic E-state index is 12.1. The Morgan fingerprint density at radius 1 is 1.07 bits per heavy atom. The number of aromatic amines is 1. The molecule has 0 aliphatic heterocycles. The van der Waals surface area contributed by atoms with Crippen LogP contribution in [0.1, 0.15) is 45.8 Å². The molecule has 5 rings (SSSR count). The summed E-state index contributed by atoms with van der Waals surface area (Å²) in [6.07, 6.45) is 8.30. The zero-order chi connectivity index (χ0) is 29.7. The van der Waals surface area contributed by atoms with Gasteiger partial charge in [-0.15, -0.1) is 0 Å². The van der Waals surface area contributed by atoms with Crippen LogP contribution in [-0.2, 0) is 45.7 Å². The second kappa shape index (κ2) is 13.0. The van der Waals surface area contributed by atoms with E-state index in [1.165, 1.54) is 59.2 Å². The Kier molecular flexibility index (Phi) is 9.23. The van der Waals surface area contributed by atoms with Crippen LogP contribution in [0.4, 0.5) is 0 Å². The third-order valence-electron chi connectivity index (χ3n) is 7.96. The van der Waals surface area contributed by atoms with Gasteiger partial charge in [0.2, 0.25) is 0 Å². The van der Waals surface area contributed by atoms with E-state index in [0.29, 0.717) is 0 Å². The van der Waals surface area contributed by atoms with Crippen molar-refractivity contribution >= 4 is 33.2 Å². The Morgan fingerprint density at radius 2 is 1.83 bits per heavy atom. The van der Waals surface area contributed by atoms with Gasteiger partial charge in [0.05, 0.1) is 7.11 Å². The number of carbonyl (C=O) groups is 1. The van der Waals surface area contributed by atoms with Gasteiger partial charge in [-0.3, -0.25) is 4.90 Å². The van der Waals surface area contributed by atoms with E-state index in [0.717, 1.165) is 49.0 Å². The lowest BCUT2D eigenvalue weighted by atomic mass is 10.0. The Hall–Kier alpha value is -3.76. The molecule has 0 saturated heterocycles. The number of para-hydroxylation sites is 1. The molecule has 0 saturated carbocycles. The number of aryl methyl sites for hydroxylation is 1. The summed E-state index contributed by atoms with van der Waals surface area (Å²) in [6, 6.07) is 23.3. The molecule has 8 nitrogen and oxygen atoms in total. The van der Waals surface area contributed by atoms with Gasteiger partial charge in [-0.2, -0.15) is 17.4 Å². The van der Waals surface area contributed by atoms with Gasteiger partial charge in [-0.25, -0.2) is 4.79 Å². The summed E-state index contributed by atoms with van der Waals surface area (Å²) >= 11 is 0. The van der Waals surface area contributed by atoms with Crippen LogP contribution in [-0.4, -0.2) is 56.3 Å². The Bertz CT molecular complexity index is 1680. The predicted molar refractivity (Wildman–Crippen MR) is 167 cm³/mol. The van der Waals surface area contributed by atoms with Gasteiger partial charge < -0.3 is 9.72 Å². The lowest BCUT2D eigenvalue weighted by molar-refractivity contribution is -0.134. The van der Waals surface area contributed by atoms with Crippen molar-refractivity contribution in [2.75, 3.05) is 27.7 Å². The second-order valence-electron chi connectivity index (χ2n) is 10.9. The smallest absolute Gasteiger partial charge is 0.330 e. The first-order chi connectivity index (χ1) is 20.2. The standard InChI is InChI=1S/C33H38N4O4S/c1-36(2)42(39,40)35-21-25-8-10-26(11-9-25)23-37(19-18-28-22-34-31-7-5-4-6-29(28)31)32-16-14-27-20-24(12-15-30(27)32)13-17-33(38)41-3/h4-13,15,17,20,22,32,34-35H,14,16,18-19,21,23H2,1-3H3. The summed E-state index contributed by atoms with van der Waals surface area (Å²) in [5, 5.41) is 1.26. The molecular weight excluding hydrogens is 548 g/mol. The lowest BCUT2D eigenvalue weighted by Gasteiger charge is -2.30. The summed E-state index contributed by atoms with van der Waals surface area (Å²) < 4.78 is 32.7. The van der Waals surface area contributed by atoms with Crippen molar-refractivity contribution in [1.82, 2.24) is 18.9 Å². The van der Waals surface area contributed by atoms with Gasteiger partial charge in [0.15, 0.2) is 0 Å². The SMILES string of the molecule is COC(=O)C=Cc1ccc2c(c1)CCC2N(CCc1c[nH]c2ccccc12)Cc1ccc(CNS(=O)(=O)N(C)C)cc1. The molecule has 0 bridgehead atoms. The minimum atomic E-state index is -3.48. The summed E-state index contributed by atoms with van der Waals surface area (Å²) in [5.74, 6) is -0.363. The van der Waals surface area contributed by atoms with Crippen LogP contribution in [0.3, 0.4) is 0 Å². The van der Waals surface area contributed by atoms with E-state index in [1.54, 1.807) is 6.08 Å². The highest BCUT2D eigenvalue weighted by atomic mass is 32.2. The van der Waals surface area contributed by atoms with E-state index in [2.05, 4.69) is 69.3 Å². The molecule has 0 spiro atoms. The number of benzene rings is 3. The Morgan fingerprint density at radius 3 is 2.60 bits per heavy atom. The fourth-order valence-corrected chi connectivity index (χ4v) is 6.19. The lowest BCUT2D eigenvalue weighted by Crippen LogP contribution is -2.35. The molecule has 42 heavy (non-hydrogen) atoms. The molecule has 0 fully saturated rings. The van der Waals surface area contributed by atoms with Crippen molar-refractivity contribution in [3.05, 3.63) is 112 Å². The molecule has 0 radical (unpaired) electrons. The van der Waals surface area contributed by atoms with Crippen LogP contribution in [0, 0.1) is 0 Å². The highest BCUT2D eigenvalue weighted by molar-refractivity contribution is 7.87. The van der Waals surface area contributed by atoms with Gasteiger partial charge >= 0.3 is 5.97 Å². The highest BCUT2D eigenvalue weighted by Gasteiger charge is 2.28. The van der Waals surface area contributed by atoms with Gasteiger partial charge in [-0.05, 0) is 64.8 Å². The Balaban J connectivity index is 1.35. The number of fused-ring (bicyclic) bond motifs is 2. The summed E-state index contributed by atoms with van der Waals surface area (Å²) in [7, 11) is 0.926. The maximum atomic E-state index is 12.1. The number of aromatic nitrogens is 1. The number of esters is 1. The number of ether oxygens (including phenoxy) is 1. The van der Waals surface area contributed by atoms with Crippen LogP contribution in [0.15, 0.2) is 79.0 Å². The van der Waals surface area contributed by atoms with E-state index in [-0.39, 0.29) is 18.6 Å². The maximum Gasteiger partial charge on any atom is 0.330 e. The van der Waals surface area contributed by atoms with Gasteiger partial charge in [0.25, 0.3) is 10.2 Å². The Labute approximate surface area is 248 Å². The molecule has 3 aromatic carbocycles. The first-order valence-electron chi connectivity index (χ1n) is 14.2. The average Bonchev–Trinajstić information content (AvgIpc) is 3.61. The number of methoxy groups -OCH3 is 1. The first kappa shape index (κ1) is 29.7. The number of nitrogens with zero attached hydrogens (tertiary/aromatic N) is 2. The van der Waals surface area contributed by atoms with E-state index in [4.69, 9.17) is 4.74 Å². The van der Waals surface area contributed by atoms with E-state index in [1.807, 2.05) is 18.2 Å². The van der Waals surface area contributed by atoms with Crippen molar-refractivity contribution in [1.29, 1.82) is 0 Å². The highest BCUT2D eigenvalue weighted by Crippen LogP contribution is 2.37. The van der Waals surface area contributed by atoms with Crippen molar-refractivity contribution in [3.8, 4) is 0 Å². The van der Waals surface area contributed by atoms with Gasteiger partial charge in [0.1, 0.15) is 0 Å². The van der Waals surface area contributed by atoms with Crippen molar-refractivity contribution in [3.63, 3.8) is 0 Å². The van der Waals surface area contributed by atoms with Crippen LogP contribution < -0.4 is 4.72 Å². The van der Waals surface area contributed by atoms with E-state index < -0.39 is 10.2 Å². The van der Waals surface area contributed by atoms with Crippen molar-refractivity contribution in [2.45, 2.75) is 38.4 Å². The van der Waals surface area contributed by atoms with E-state index in [9.17, 15) is 13.2 Å². The van der Waals surface area contributed by atoms with Crippen molar-refractivity contribution in [2.24, 2.45) is 0 Å².